The van der Waals surface area contributed by atoms with Gasteiger partial charge in [-0.2, -0.15) is 0 Å². The van der Waals surface area contributed by atoms with Crippen LogP contribution in [0.15, 0.2) is 42.5 Å². The molecular formula is C28H33N3O4S. The van der Waals surface area contributed by atoms with Gasteiger partial charge in [0.25, 0.3) is 0 Å². The molecule has 190 valence electrons. The number of carboxylic acids is 1. The minimum atomic E-state index is -1.03. The summed E-state index contributed by atoms with van der Waals surface area (Å²) in [7, 11) is 1.65. The Morgan fingerprint density at radius 2 is 1.86 bits per heavy atom. The third-order valence-electron chi connectivity index (χ3n) is 6.88. The Bertz CT molecular complexity index is 1370. The van der Waals surface area contributed by atoms with Gasteiger partial charge in [0.2, 0.25) is 0 Å². The normalized spacial score (nSPS) is 12.7. The van der Waals surface area contributed by atoms with Crippen LogP contribution in [0, 0.1) is 19.3 Å². The summed E-state index contributed by atoms with van der Waals surface area (Å²) >= 11 is 1.64. The first kappa shape index (κ1) is 25.9. The van der Waals surface area contributed by atoms with E-state index < -0.39 is 11.4 Å². The van der Waals surface area contributed by atoms with Gasteiger partial charge < -0.3 is 14.6 Å². The monoisotopic (exact) mass is 507 g/mol. The summed E-state index contributed by atoms with van der Waals surface area (Å²) in [5, 5.41) is 18.9. The van der Waals surface area contributed by atoms with Gasteiger partial charge in [-0.1, -0.05) is 23.4 Å². The Balaban J connectivity index is 1.65. The molecule has 0 amide bonds. The summed E-state index contributed by atoms with van der Waals surface area (Å²) in [5.74, 6) is -0.368. The minimum Gasteiger partial charge on any atom is -0.497 e. The lowest BCUT2D eigenvalue weighted by atomic mass is 9.72. The van der Waals surface area contributed by atoms with Gasteiger partial charge in [-0.3, -0.25) is 4.79 Å². The van der Waals surface area contributed by atoms with E-state index >= 15 is 0 Å². The summed E-state index contributed by atoms with van der Waals surface area (Å²) in [6.07, 6.45) is 0. The first-order valence-corrected chi connectivity index (χ1v) is 12.8. The van der Waals surface area contributed by atoms with Crippen molar-refractivity contribution in [3.8, 4) is 5.75 Å². The third kappa shape index (κ3) is 4.88. The highest BCUT2D eigenvalue weighted by Gasteiger charge is 2.41. The lowest BCUT2D eigenvalue weighted by molar-refractivity contribution is -0.147. The van der Waals surface area contributed by atoms with E-state index in [1.807, 2.05) is 54.9 Å². The second-order valence-corrected chi connectivity index (χ2v) is 10.9. The van der Waals surface area contributed by atoms with E-state index in [0.717, 1.165) is 55.3 Å². The van der Waals surface area contributed by atoms with E-state index in [2.05, 4.69) is 23.3 Å². The zero-order valence-corrected chi connectivity index (χ0v) is 22.5. The summed E-state index contributed by atoms with van der Waals surface area (Å²) in [4.78, 5) is 14.6. The van der Waals surface area contributed by atoms with Gasteiger partial charge >= 0.3 is 5.97 Å². The number of aromatic nitrogens is 3. The van der Waals surface area contributed by atoms with Gasteiger partial charge in [0.1, 0.15) is 11.3 Å². The molecule has 0 saturated heterocycles. The third-order valence-corrected chi connectivity index (χ3v) is 8.03. The molecule has 1 N–H and O–H groups in total. The first-order valence-electron chi connectivity index (χ1n) is 12.0. The van der Waals surface area contributed by atoms with Crippen LogP contribution in [-0.4, -0.2) is 33.2 Å². The van der Waals surface area contributed by atoms with Gasteiger partial charge in [0.05, 0.1) is 31.3 Å². The second kappa shape index (κ2) is 10.4. The Hall–Kier alpha value is -3.23. The number of carboxylic acid groups (broad SMARTS) is 1. The Kier molecular flexibility index (Phi) is 7.47. The Morgan fingerprint density at radius 3 is 2.50 bits per heavy atom. The second-order valence-electron chi connectivity index (χ2n) is 9.58. The van der Waals surface area contributed by atoms with E-state index in [1.54, 1.807) is 32.3 Å². The van der Waals surface area contributed by atoms with Crippen LogP contribution in [-0.2, 0) is 29.3 Å². The van der Waals surface area contributed by atoms with Crippen molar-refractivity contribution >= 4 is 28.3 Å². The largest absolute Gasteiger partial charge is 0.497 e. The fourth-order valence-corrected chi connectivity index (χ4v) is 5.92. The number of ether oxygens (including phenoxy) is 2. The van der Waals surface area contributed by atoms with Crippen molar-refractivity contribution in [2.75, 3.05) is 7.11 Å². The Morgan fingerprint density at radius 1 is 1.14 bits per heavy atom. The Labute approximate surface area is 215 Å². The van der Waals surface area contributed by atoms with E-state index in [1.165, 1.54) is 0 Å². The van der Waals surface area contributed by atoms with Gasteiger partial charge in [-0.25, -0.2) is 4.68 Å². The standard InChI is InChI=1S/C28H33N3O4S/c1-7-31-23-13-12-22(17(2)26(23)29-30-31)25(28(4,5)27(32)33)24-14-20(18(3)36-24)16-35-15-19-8-10-21(34-6)11-9-19/h8-14,25H,7,15-16H2,1-6H3,(H,32,33). The van der Waals surface area contributed by atoms with Crippen LogP contribution in [0.25, 0.3) is 11.0 Å². The van der Waals surface area contributed by atoms with Crippen molar-refractivity contribution in [3.05, 3.63) is 74.5 Å². The molecule has 4 rings (SSSR count). The molecule has 2 aromatic heterocycles. The van der Waals surface area contributed by atoms with Crippen molar-refractivity contribution in [1.29, 1.82) is 0 Å². The van der Waals surface area contributed by atoms with Crippen molar-refractivity contribution in [3.63, 3.8) is 0 Å². The zero-order chi connectivity index (χ0) is 26.0. The number of aliphatic carboxylic acids is 1. The molecule has 36 heavy (non-hydrogen) atoms. The van der Waals surface area contributed by atoms with Gasteiger partial charge in [-0.05, 0) is 81.1 Å². The van der Waals surface area contributed by atoms with Gasteiger partial charge in [-0.15, -0.1) is 16.4 Å². The molecule has 0 aliphatic carbocycles. The van der Waals surface area contributed by atoms with E-state index in [9.17, 15) is 9.90 Å². The van der Waals surface area contributed by atoms with Crippen molar-refractivity contribution in [2.24, 2.45) is 5.41 Å². The number of hydrogen-bond donors (Lipinski definition) is 1. The van der Waals surface area contributed by atoms with Crippen molar-refractivity contribution < 1.29 is 19.4 Å². The van der Waals surface area contributed by atoms with Crippen LogP contribution >= 0.6 is 11.3 Å². The summed E-state index contributed by atoms with van der Waals surface area (Å²) < 4.78 is 13.1. The maximum absolute atomic E-state index is 12.4. The molecule has 1 unspecified atom stereocenters. The molecule has 0 aliphatic rings. The highest BCUT2D eigenvalue weighted by atomic mass is 32.1. The van der Waals surface area contributed by atoms with Crippen molar-refractivity contribution in [2.45, 2.75) is 60.3 Å². The number of fused-ring (bicyclic) bond motifs is 1. The highest BCUT2D eigenvalue weighted by molar-refractivity contribution is 7.12. The molecule has 0 fully saturated rings. The van der Waals surface area contributed by atoms with Crippen LogP contribution in [0.1, 0.15) is 58.7 Å². The number of hydrogen-bond acceptors (Lipinski definition) is 6. The van der Waals surface area contributed by atoms with E-state index in [-0.39, 0.29) is 5.92 Å². The molecular weight excluding hydrogens is 474 g/mol. The van der Waals surface area contributed by atoms with Crippen LogP contribution in [0.2, 0.25) is 0 Å². The summed E-state index contributed by atoms with van der Waals surface area (Å²) in [5.41, 5.74) is 4.82. The number of nitrogens with zero attached hydrogens (tertiary/aromatic N) is 3. The average molecular weight is 508 g/mol. The number of thiophene rings is 1. The van der Waals surface area contributed by atoms with E-state index in [0.29, 0.717) is 13.2 Å². The van der Waals surface area contributed by atoms with Crippen LogP contribution < -0.4 is 4.74 Å². The van der Waals surface area contributed by atoms with Gasteiger partial charge in [0.15, 0.2) is 0 Å². The van der Waals surface area contributed by atoms with E-state index in [4.69, 9.17) is 9.47 Å². The molecule has 7 nitrogen and oxygen atoms in total. The predicted molar refractivity (Wildman–Crippen MR) is 142 cm³/mol. The number of rotatable bonds is 10. The molecule has 0 aliphatic heterocycles. The molecule has 0 saturated carbocycles. The lowest BCUT2D eigenvalue weighted by Gasteiger charge is -2.31. The smallest absolute Gasteiger partial charge is 0.310 e. The molecule has 0 spiro atoms. The maximum atomic E-state index is 12.4. The first-order chi connectivity index (χ1) is 17.2. The summed E-state index contributed by atoms with van der Waals surface area (Å²) in [6, 6.07) is 14.0. The number of carbonyl (C=O) groups is 1. The van der Waals surface area contributed by atoms with Crippen molar-refractivity contribution in [1.82, 2.24) is 15.0 Å². The molecule has 8 heteroatoms. The maximum Gasteiger partial charge on any atom is 0.310 e. The van der Waals surface area contributed by atoms with Gasteiger partial charge in [0, 0.05) is 22.2 Å². The molecule has 0 bridgehead atoms. The van der Waals surface area contributed by atoms with Crippen LogP contribution in [0.5, 0.6) is 5.75 Å². The average Bonchev–Trinajstić information content (AvgIpc) is 3.44. The molecule has 1 atom stereocenters. The molecule has 2 heterocycles. The molecule has 4 aromatic rings. The van der Waals surface area contributed by atoms with Crippen LogP contribution in [0.3, 0.4) is 0 Å². The minimum absolute atomic E-state index is 0.342. The quantitative estimate of drug-likeness (QED) is 0.279. The topological polar surface area (TPSA) is 86.5 Å². The number of benzene rings is 2. The number of methoxy groups -OCH3 is 1. The molecule has 2 aromatic carbocycles. The fourth-order valence-electron chi connectivity index (χ4n) is 4.58. The molecule has 0 radical (unpaired) electrons. The fraction of sp³-hybridized carbons (Fsp3) is 0.393. The predicted octanol–water partition coefficient (Wildman–Crippen LogP) is 6.10. The summed E-state index contributed by atoms with van der Waals surface area (Å²) in [6.45, 7) is 11.4. The van der Waals surface area contributed by atoms with Crippen LogP contribution in [0.4, 0.5) is 0 Å². The SMILES string of the molecule is CCn1nnc2c(C)c(C(c3cc(COCc4ccc(OC)cc4)c(C)s3)C(C)(C)C(=O)O)ccc21. The lowest BCUT2D eigenvalue weighted by Crippen LogP contribution is -2.32. The highest BCUT2D eigenvalue weighted by Crippen LogP contribution is 2.46. The zero-order valence-electron chi connectivity index (χ0n) is 21.7. The number of aryl methyl sites for hydroxylation is 3.